The monoisotopic (exact) mass is 432 g/mol. The Kier molecular flexibility index (Phi) is 7.37. The van der Waals surface area contributed by atoms with Crippen molar-refractivity contribution in [1.29, 1.82) is 0 Å². The molecule has 1 amide bonds. The van der Waals surface area contributed by atoms with Gasteiger partial charge in [-0.3, -0.25) is 4.79 Å². The third-order valence-electron chi connectivity index (χ3n) is 3.99. The number of carbonyl (C=O) groups is 1. The molecule has 0 spiro atoms. The second-order valence-electron chi connectivity index (χ2n) is 5.93. The number of halogens is 1. The van der Waals surface area contributed by atoms with Gasteiger partial charge in [-0.2, -0.15) is 0 Å². The van der Waals surface area contributed by atoms with Crippen LogP contribution in [0.15, 0.2) is 53.7 Å². The van der Waals surface area contributed by atoms with Gasteiger partial charge in [0.2, 0.25) is 5.91 Å². The van der Waals surface area contributed by atoms with Crippen molar-refractivity contribution in [3.63, 3.8) is 0 Å². The maximum absolute atomic E-state index is 12.4. The number of nitrogens with zero attached hydrogens (tertiary/aromatic N) is 3. The second kappa shape index (κ2) is 10.2. The number of amides is 1. The highest BCUT2D eigenvalue weighted by atomic mass is 35.5. The SMILES string of the molecule is CCn1c(COc2ccccc2)nnc1SCC(=O)Nc1cc(Cl)ccc1OC. The number of ether oxygens (including phenoxy) is 2. The summed E-state index contributed by atoms with van der Waals surface area (Å²) in [5, 5.41) is 12.4. The van der Waals surface area contributed by atoms with Gasteiger partial charge in [0.05, 0.1) is 18.6 Å². The first-order valence-electron chi connectivity index (χ1n) is 8.96. The first kappa shape index (κ1) is 21.0. The highest BCUT2D eigenvalue weighted by Crippen LogP contribution is 2.28. The average Bonchev–Trinajstić information content (AvgIpc) is 3.13. The van der Waals surface area contributed by atoms with Crippen LogP contribution in [0.3, 0.4) is 0 Å². The molecule has 0 bridgehead atoms. The van der Waals surface area contributed by atoms with E-state index in [1.165, 1.54) is 18.9 Å². The summed E-state index contributed by atoms with van der Waals surface area (Å²) < 4.78 is 12.9. The molecule has 0 saturated heterocycles. The number of rotatable bonds is 9. The topological polar surface area (TPSA) is 78.3 Å². The van der Waals surface area contributed by atoms with Crippen molar-refractivity contribution >= 4 is 35.0 Å². The Morgan fingerprint density at radius 2 is 2.00 bits per heavy atom. The Labute approximate surface area is 178 Å². The molecule has 9 heteroatoms. The standard InChI is InChI=1S/C20H21ClN4O3S/c1-3-25-18(12-28-15-7-5-4-6-8-15)23-24-20(25)29-13-19(26)22-16-11-14(21)9-10-17(16)27-2/h4-11H,3,12-13H2,1-2H3,(H,22,26). The third-order valence-corrected chi connectivity index (χ3v) is 5.19. The van der Waals surface area contributed by atoms with Gasteiger partial charge in [-0.05, 0) is 37.3 Å². The molecule has 0 atom stereocenters. The lowest BCUT2D eigenvalue weighted by Gasteiger charge is -2.11. The van der Waals surface area contributed by atoms with Crippen molar-refractivity contribution in [3.05, 3.63) is 59.4 Å². The summed E-state index contributed by atoms with van der Waals surface area (Å²) in [6.45, 7) is 2.97. The van der Waals surface area contributed by atoms with E-state index in [4.69, 9.17) is 21.1 Å². The molecule has 1 N–H and O–H groups in total. The van der Waals surface area contributed by atoms with Crippen molar-refractivity contribution in [3.8, 4) is 11.5 Å². The first-order chi connectivity index (χ1) is 14.1. The predicted molar refractivity (Wildman–Crippen MR) is 114 cm³/mol. The minimum atomic E-state index is -0.191. The molecular weight excluding hydrogens is 412 g/mol. The number of aromatic nitrogens is 3. The van der Waals surface area contributed by atoms with E-state index in [-0.39, 0.29) is 11.7 Å². The zero-order chi connectivity index (χ0) is 20.6. The van der Waals surface area contributed by atoms with E-state index >= 15 is 0 Å². The van der Waals surface area contributed by atoms with Crippen molar-refractivity contribution in [2.24, 2.45) is 0 Å². The summed E-state index contributed by atoms with van der Waals surface area (Å²) >= 11 is 7.31. The Morgan fingerprint density at radius 1 is 1.21 bits per heavy atom. The van der Waals surface area contributed by atoms with Crippen LogP contribution in [-0.4, -0.2) is 33.5 Å². The molecule has 0 fully saturated rings. The van der Waals surface area contributed by atoms with Crippen molar-refractivity contribution < 1.29 is 14.3 Å². The van der Waals surface area contributed by atoms with Gasteiger partial charge in [-0.25, -0.2) is 0 Å². The molecule has 1 aromatic heterocycles. The number of benzene rings is 2. The molecule has 2 aromatic carbocycles. The summed E-state index contributed by atoms with van der Waals surface area (Å²) in [7, 11) is 1.54. The van der Waals surface area contributed by atoms with Gasteiger partial charge in [0, 0.05) is 11.6 Å². The van der Waals surface area contributed by atoms with Gasteiger partial charge in [0.1, 0.15) is 18.1 Å². The molecule has 0 radical (unpaired) electrons. The van der Waals surface area contributed by atoms with Gasteiger partial charge in [0.25, 0.3) is 0 Å². The fraction of sp³-hybridized carbons (Fsp3) is 0.250. The van der Waals surface area contributed by atoms with E-state index in [0.717, 1.165) is 5.75 Å². The van der Waals surface area contributed by atoms with E-state index in [1.807, 2.05) is 41.8 Å². The summed E-state index contributed by atoms with van der Waals surface area (Å²) in [6, 6.07) is 14.6. The molecule has 3 rings (SSSR count). The zero-order valence-electron chi connectivity index (χ0n) is 16.1. The van der Waals surface area contributed by atoms with Crippen LogP contribution in [0, 0.1) is 0 Å². The van der Waals surface area contributed by atoms with Crippen LogP contribution < -0.4 is 14.8 Å². The fourth-order valence-corrected chi connectivity index (χ4v) is 3.60. The fourth-order valence-electron chi connectivity index (χ4n) is 2.61. The van der Waals surface area contributed by atoms with E-state index < -0.39 is 0 Å². The number of hydrogen-bond donors (Lipinski definition) is 1. The maximum atomic E-state index is 12.4. The minimum Gasteiger partial charge on any atom is -0.495 e. The number of carbonyl (C=O) groups excluding carboxylic acids is 1. The minimum absolute atomic E-state index is 0.174. The highest BCUT2D eigenvalue weighted by molar-refractivity contribution is 7.99. The molecule has 0 saturated carbocycles. The number of anilines is 1. The number of thioether (sulfide) groups is 1. The van der Waals surface area contributed by atoms with Crippen LogP contribution in [0.25, 0.3) is 0 Å². The van der Waals surface area contributed by atoms with Crippen LogP contribution in [0.5, 0.6) is 11.5 Å². The quantitative estimate of drug-likeness (QED) is 0.509. The third kappa shape index (κ3) is 5.65. The lowest BCUT2D eigenvalue weighted by Crippen LogP contribution is -2.15. The van der Waals surface area contributed by atoms with Crippen LogP contribution in [0.4, 0.5) is 5.69 Å². The van der Waals surface area contributed by atoms with Crippen LogP contribution in [0.2, 0.25) is 5.02 Å². The smallest absolute Gasteiger partial charge is 0.234 e. The molecule has 3 aromatic rings. The number of para-hydroxylation sites is 1. The summed E-state index contributed by atoms with van der Waals surface area (Å²) in [5.74, 6) is 2.00. The number of hydrogen-bond acceptors (Lipinski definition) is 6. The second-order valence-corrected chi connectivity index (χ2v) is 7.31. The molecule has 1 heterocycles. The number of nitrogens with one attached hydrogen (secondary N) is 1. The Balaban J connectivity index is 1.60. The molecule has 152 valence electrons. The van der Waals surface area contributed by atoms with Gasteiger partial charge in [-0.1, -0.05) is 41.6 Å². The molecule has 7 nitrogen and oxygen atoms in total. The molecular formula is C20H21ClN4O3S. The molecule has 0 aliphatic heterocycles. The van der Waals surface area contributed by atoms with Crippen molar-refractivity contribution in [2.45, 2.75) is 25.2 Å². The average molecular weight is 433 g/mol. The molecule has 0 aliphatic rings. The first-order valence-corrected chi connectivity index (χ1v) is 10.3. The van der Waals surface area contributed by atoms with Gasteiger partial charge in [-0.15, -0.1) is 10.2 Å². The Bertz CT molecular complexity index is 966. The lowest BCUT2D eigenvalue weighted by atomic mass is 10.3. The molecule has 29 heavy (non-hydrogen) atoms. The van der Waals surface area contributed by atoms with Gasteiger partial charge in [0.15, 0.2) is 11.0 Å². The normalized spacial score (nSPS) is 10.6. The van der Waals surface area contributed by atoms with Crippen molar-refractivity contribution in [2.75, 3.05) is 18.2 Å². The van der Waals surface area contributed by atoms with Gasteiger partial charge >= 0.3 is 0 Å². The van der Waals surface area contributed by atoms with Crippen molar-refractivity contribution in [1.82, 2.24) is 14.8 Å². The maximum Gasteiger partial charge on any atom is 0.234 e. The van der Waals surface area contributed by atoms with Crippen LogP contribution in [0.1, 0.15) is 12.7 Å². The van der Waals surface area contributed by atoms with Crippen LogP contribution in [-0.2, 0) is 17.9 Å². The molecule has 0 unspecified atom stereocenters. The Hall–Kier alpha value is -2.71. The summed E-state index contributed by atoms with van der Waals surface area (Å²) in [4.78, 5) is 12.4. The molecule has 0 aliphatic carbocycles. The predicted octanol–water partition coefficient (Wildman–Crippen LogP) is 4.27. The van der Waals surface area contributed by atoms with E-state index in [9.17, 15) is 4.79 Å². The summed E-state index contributed by atoms with van der Waals surface area (Å²) in [5.41, 5.74) is 0.527. The van der Waals surface area contributed by atoms with E-state index in [2.05, 4.69) is 15.5 Å². The zero-order valence-corrected chi connectivity index (χ0v) is 17.7. The summed E-state index contributed by atoms with van der Waals surface area (Å²) in [6.07, 6.45) is 0. The lowest BCUT2D eigenvalue weighted by molar-refractivity contribution is -0.113. The Morgan fingerprint density at radius 3 is 2.72 bits per heavy atom. The van der Waals surface area contributed by atoms with Gasteiger partial charge < -0.3 is 19.4 Å². The largest absolute Gasteiger partial charge is 0.495 e. The van der Waals surface area contributed by atoms with Crippen LogP contribution >= 0.6 is 23.4 Å². The highest BCUT2D eigenvalue weighted by Gasteiger charge is 2.15. The number of methoxy groups -OCH3 is 1. The van der Waals surface area contributed by atoms with E-state index in [0.29, 0.717) is 40.6 Å². The van der Waals surface area contributed by atoms with E-state index in [1.54, 1.807) is 18.2 Å².